The molecule has 0 unspecified atom stereocenters. The van der Waals surface area contributed by atoms with Gasteiger partial charge in [0, 0.05) is 6.42 Å². The van der Waals surface area contributed by atoms with Crippen molar-refractivity contribution in [2.45, 2.75) is 26.7 Å². The van der Waals surface area contributed by atoms with Crippen LogP contribution < -0.4 is 9.47 Å². The number of aliphatic hydroxyl groups is 1. The molecule has 1 rings (SSSR count). The number of carbonyl (C=O) groups excluding carboxylic acids is 1. The molecule has 1 aromatic carbocycles. The van der Waals surface area contributed by atoms with Crippen LogP contribution in [0.1, 0.15) is 26.7 Å². The van der Waals surface area contributed by atoms with E-state index in [1.165, 1.54) is 0 Å². The van der Waals surface area contributed by atoms with Crippen LogP contribution in [0.4, 0.5) is 0 Å². The maximum atomic E-state index is 11.2. The molecule has 0 aliphatic carbocycles. The van der Waals surface area contributed by atoms with E-state index in [0.29, 0.717) is 23.7 Å². The van der Waals surface area contributed by atoms with Crippen LogP contribution in [-0.4, -0.2) is 11.1 Å². The van der Waals surface area contributed by atoms with Gasteiger partial charge >= 0.3 is 5.97 Å². The van der Waals surface area contributed by atoms with E-state index in [9.17, 15) is 4.79 Å². The van der Waals surface area contributed by atoms with Crippen molar-refractivity contribution in [2.75, 3.05) is 0 Å². The summed E-state index contributed by atoms with van der Waals surface area (Å²) < 4.78 is 10.3. The average Bonchev–Trinajstić information content (AvgIpc) is 2.32. The Morgan fingerprint density at radius 1 is 1.24 bits per heavy atom. The van der Waals surface area contributed by atoms with Crippen LogP contribution in [-0.2, 0) is 4.79 Å². The van der Waals surface area contributed by atoms with Crippen molar-refractivity contribution < 1.29 is 19.4 Å². The second-order valence-corrected chi connectivity index (χ2v) is 3.54. The van der Waals surface area contributed by atoms with Gasteiger partial charge in [-0.3, -0.25) is 4.79 Å². The Hall–Kier alpha value is -1.97. The fourth-order valence-electron chi connectivity index (χ4n) is 1.17. The Bertz CT molecular complexity index is 392. The van der Waals surface area contributed by atoms with E-state index in [1.54, 1.807) is 31.2 Å². The molecule has 0 atom stereocenters. The fraction of sp³-hybridized carbons (Fsp3) is 0.308. The molecule has 4 heteroatoms. The van der Waals surface area contributed by atoms with E-state index < -0.39 is 0 Å². The molecule has 0 heterocycles. The summed E-state index contributed by atoms with van der Waals surface area (Å²) in [5, 5.41) is 8.67. The molecule has 4 nitrogen and oxygen atoms in total. The van der Waals surface area contributed by atoms with Crippen LogP contribution in [0.25, 0.3) is 0 Å². The molecule has 0 amide bonds. The summed E-state index contributed by atoms with van der Waals surface area (Å²) in [7, 11) is 0. The molecule has 92 valence electrons. The lowest BCUT2D eigenvalue weighted by molar-refractivity contribution is -0.134. The first-order chi connectivity index (χ1) is 8.15. The third-order valence-corrected chi connectivity index (χ3v) is 1.97. The minimum Gasteiger partial charge on any atom is -0.512 e. The standard InChI is InChI=1S/C13H16O4/c1-3-4-13(15)17-12-7-5-11(6-8-12)16-10(2)9-14/h5-9,14H,3-4H2,1-2H3. The van der Waals surface area contributed by atoms with Gasteiger partial charge in [0.2, 0.25) is 0 Å². The second kappa shape index (κ2) is 6.58. The maximum Gasteiger partial charge on any atom is 0.311 e. The lowest BCUT2D eigenvalue weighted by atomic mass is 10.3. The molecule has 0 aromatic heterocycles. The van der Waals surface area contributed by atoms with Gasteiger partial charge in [-0.25, -0.2) is 0 Å². The summed E-state index contributed by atoms with van der Waals surface area (Å²) >= 11 is 0. The summed E-state index contributed by atoms with van der Waals surface area (Å²) in [5.41, 5.74) is 0. The van der Waals surface area contributed by atoms with Gasteiger partial charge in [-0.1, -0.05) is 6.92 Å². The smallest absolute Gasteiger partial charge is 0.311 e. The topological polar surface area (TPSA) is 55.8 Å². The monoisotopic (exact) mass is 236 g/mol. The van der Waals surface area contributed by atoms with E-state index >= 15 is 0 Å². The minimum absolute atomic E-state index is 0.243. The Labute approximate surface area is 100 Å². The first-order valence-corrected chi connectivity index (χ1v) is 5.45. The van der Waals surface area contributed by atoms with Crippen LogP contribution in [0.3, 0.4) is 0 Å². The van der Waals surface area contributed by atoms with Gasteiger partial charge in [-0.15, -0.1) is 0 Å². The number of carbonyl (C=O) groups is 1. The van der Waals surface area contributed by atoms with Gasteiger partial charge in [0.15, 0.2) is 0 Å². The molecule has 0 aliphatic rings. The molecule has 17 heavy (non-hydrogen) atoms. The molecule has 0 bridgehead atoms. The van der Waals surface area contributed by atoms with Crippen LogP contribution in [0, 0.1) is 0 Å². The maximum absolute atomic E-state index is 11.2. The van der Waals surface area contributed by atoms with E-state index in [-0.39, 0.29) is 5.97 Å². The van der Waals surface area contributed by atoms with Crippen molar-refractivity contribution >= 4 is 5.97 Å². The molecule has 0 saturated heterocycles. The number of rotatable bonds is 5. The Balaban J connectivity index is 2.59. The third kappa shape index (κ3) is 4.59. The Morgan fingerprint density at radius 2 is 1.76 bits per heavy atom. The number of hydrogen-bond acceptors (Lipinski definition) is 4. The highest BCUT2D eigenvalue weighted by molar-refractivity contribution is 5.72. The Kier molecular flexibility index (Phi) is 5.07. The van der Waals surface area contributed by atoms with E-state index in [2.05, 4.69) is 0 Å². The van der Waals surface area contributed by atoms with Crippen LogP contribution in [0.5, 0.6) is 11.5 Å². The van der Waals surface area contributed by atoms with Crippen LogP contribution in [0.15, 0.2) is 36.3 Å². The summed E-state index contributed by atoms with van der Waals surface area (Å²) in [6.07, 6.45) is 2.06. The first kappa shape index (κ1) is 13.1. The lowest BCUT2D eigenvalue weighted by Crippen LogP contribution is -2.06. The highest BCUT2D eigenvalue weighted by atomic mass is 16.5. The molecule has 0 fully saturated rings. The van der Waals surface area contributed by atoms with Gasteiger partial charge in [-0.2, -0.15) is 0 Å². The number of ether oxygens (including phenoxy) is 2. The van der Waals surface area contributed by atoms with E-state index in [1.807, 2.05) is 6.92 Å². The summed E-state index contributed by atoms with van der Waals surface area (Å²) in [6.45, 7) is 3.55. The summed E-state index contributed by atoms with van der Waals surface area (Å²) in [6, 6.07) is 6.63. The van der Waals surface area contributed by atoms with Crippen molar-refractivity contribution in [2.24, 2.45) is 0 Å². The van der Waals surface area contributed by atoms with Crippen LogP contribution >= 0.6 is 0 Å². The van der Waals surface area contributed by atoms with Gasteiger partial charge in [0.25, 0.3) is 0 Å². The Morgan fingerprint density at radius 3 is 2.24 bits per heavy atom. The fourth-order valence-corrected chi connectivity index (χ4v) is 1.17. The molecule has 0 spiro atoms. The van der Waals surface area contributed by atoms with Crippen molar-refractivity contribution in [1.82, 2.24) is 0 Å². The van der Waals surface area contributed by atoms with Gasteiger partial charge < -0.3 is 14.6 Å². The van der Waals surface area contributed by atoms with Crippen molar-refractivity contribution in [3.8, 4) is 11.5 Å². The molecular weight excluding hydrogens is 220 g/mol. The zero-order valence-electron chi connectivity index (χ0n) is 9.97. The molecule has 1 N–H and O–H groups in total. The number of benzene rings is 1. The van der Waals surface area contributed by atoms with Crippen molar-refractivity contribution in [3.05, 3.63) is 36.3 Å². The van der Waals surface area contributed by atoms with E-state index in [4.69, 9.17) is 14.6 Å². The predicted molar refractivity (Wildman–Crippen MR) is 64.0 cm³/mol. The van der Waals surface area contributed by atoms with E-state index in [0.717, 1.165) is 12.7 Å². The molecule has 1 aromatic rings. The molecular formula is C13H16O4. The number of allylic oxidation sites excluding steroid dienone is 1. The van der Waals surface area contributed by atoms with Crippen molar-refractivity contribution in [1.29, 1.82) is 0 Å². The third-order valence-electron chi connectivity index (χ3n) is 1.97. The number of aliphatic hydroxyl groups excluding tert-OH is 1. The number of esters is 1. The molecule has 0 aliphatic heterocycles. The van der Waals surface area contributed by atoms with Gasteiger partial charge in [0.05, 0.1) is 0 Å². The minimum atomic E-state index is -0.243. The molecule has 0 radical (unpaired) electrons. The average molecular weight is 236 g/mol. The normalized spacial score (nSPS) is 11.1. The quantitative estimate of drug-likeness (QED) is 0.484. The second-order valence-electron chi connectivity index (χ2n) is 3.54. The highest BCUT2D eigenvalue weighted by Gasteiger charge is 2.03. The first-order valence-electron chi connectivity index (χ1n) is 5.45. The molecule has 0 saturated carbocycles. The zero-order valence-corrected chi connectivity index (χ0v) is 9.97. The predicted octanol–water partition coefficient (Wildman–Crippen LogP) is 3.19. The summed E-state index contributed by atoms with van der Waals surface area (Å²) in [5.74, 6) is 1.21. The largest absolute Gasteiger partial charge is 0.512 e. The van der Waals surface area contributed by atoms with Crippen LogP contribution in [0.2, 0.25) is 0 Å². The number of hydrogen-bond donors (Lipinski definition) is 1. The van der Waals surface area contributed by atoms with Crippen molar-refractivity contribution in [3.63, 3.8) is 0 Å². The lowest BCUT2D eigenvalue weighted by Gasteiger charge is -2.06. The summed E-state index contributed by atoms with van der Waals surface area (Å²) in [4.78, 5) is 11.2. The van der Waals surface area contributed by atoms with Gasteiger partial charge in [-0.05, 0) is 37.6 Å². The zero-order chi connectivity index (χ0) is 12.7. The van der Waals surface area contributed by atoms with Gasteiger partial charge in [0.1, 0.15) is 23.5 Å². The SMILES string of the molecule is CCCC(=O)Oc1ccc(OC(C)=CO)cc1. The highest BCUT2D eigenvalue weighted by Crippen LogP contribution is 2.19.